The summed E-state index contributed by atoms with van der Waals surface area (Å²) in [5, 5.41) is 15.3. The highest BCUT2D eigenvalue weighted by Crippen LogP contribution is 2.37. The van der Waals surface area contributed by atoms with Crippen LogP contribution in [0.25, 0.3) is 27.8 Å². The minimum atomic E-state index is -3.47. The van der Waals surface area contributed by atoms with Crippen molar-refractivity contribution in [2.24, 2.45) is 0 Å². The molecule has 1 aliphatic heterocycles. The number of aliphatic hydroxyl groups is 1. The lowest BCUT2D eigenvalue weighted by atomic mass is 10.1. The molecule has 2 aliphatic rings. The highest BCUT2D eigenvalue weighted by Gasteiger charge is 2.39. The van der Waals surface area contributed by atoms with Gasteiger partial charge in [-0.1, -0.05) is 0 Å². The van der Waals surface area contributed by atoms with Gasteiger partial charge in [0.15, 0.2) is 26.5 Å². The van der Waals surface area contributed by atoms with Crippen molar-refractivity contribution in [3.8, 4) is 11.4 Å². The Bertz CT molecular complexity index is 1470. The maximum atomic E-state index is 13.2. The lowest BCUT2D eigenvalue weighted by molar-refractivity contribution is 0.0986. The number of aliphatic hydroxyl groups excluding tert-OH is 1. The number of aromatic amines is 1. The quantitative estimate of drug-likeness (QED) is 0.464. The van der Waals surface area contributed by atoms with Crippen LogP contribution in [0.3, 0.4) is 0 Å². The fraction of sp³-hybridized carbons (Fsp3) is 0.391. The average molecular weight is 468 g/mol. The molecule has 3 aromatic heterocycles. The number of nitrogens with zero attached hydrogens (tertiary/aromatic N) is 4. The Balaban J connectivity index is 1.64. The van der Waals surface area contributed by atoms with Gasteiger partial charge in [-0.05, 0) is 55.7 Å². The Morgan fingerprint density at radius 2 is 2.09 bits per heavy atom. The molecule has 2 fully saturated rings. The normalized spacial score (nSPS) is 19.6. The van der Waals surface area contributed by atoms with E-state index < -0.39 is 9.84 Å². The van der Waals surface area contributed by atoms with E-state index in [1.54, 1.807) is 12.1 Å². The van der Waals surface area contributed by atoms with Gasteiger partial charge in [-0.25, -0.2) is 17.9 Å². The third-order valence-electron chi connectivity index (χ3n) is 6.50. The SMILES string of the molecule is C[C@@H]1COCCN1c1nc(-c2cc(CO)cc3[nH]ccc23)nn2c(S(=O)(=O)C3CC3)ccc12. The van der Waals surface area contributed by atoms with Crippen LogP contribution in [0.4, 0.5) is 5.82 Å². The number of aromatic nitrogens is 4. The van der Waals surface area contributed by atoms with Crippen molar-refractivity contribution in [3.05, 3.63) is 42.1 Å². The second-order valence-corrected chi connectivity index (χ2v) is 11.0. The van der Waals surface area contributed by atoms with Crippen LogP contribution in [-0.2, 0) is 21.2 Å². The molecule has 6 rings (SSSR count). The van der Waals surface area contributed by atoms with Gasteiger partial charge in [0.1, 0.15) is 5.52 Å². The summed E-state index contributed by atoms with van der Waals surface area (Å²) in [6.07, 6.45) is 3.20. The number of anilines is 1. The van der Waals surface area contributed by atoms with E-state index in [4.69, 9.17) is 14.8 Å². The summed E-state index contributed by atoms with van der Waals surface area (Å²) in [4.78, 5) is 10.3. The topological polar surface area (TPSA) is 113 Å². The molecule has 4 heterocycles. The molecule has 0 unspecified atom stereocenters. The first kappa shape index (κ1) is 20.6. The first-order valence-electron chi connectivity index (χ1n) is 11.2. The number of rotatable bonds is 5. The molecule has 1 aliphatic carbocycles. The fourth-order valence-corrected chi connectivity index (χ4v) is 6.33. The molecule has 10 heteroatoms. The molecule has 1 aromatic carbocycles. The van der Waals surface area contributed by atoms with Gasteiger partial charge in [0, 0.05) is 29.2 Å². The second-order valence-electron chi connectivity index (χ2n) is 8.83. The van der Waals surface area contributed by atoms with Crippen LogP contribution >= 0.6 is 0 Å². The van der Waals surface area contributed by atoms with E-state index in [2.05, 4.69) is 16.8 Å². The number of H-pyrrole nitrogens is 1. The zero-order chi connectivity index (χ0) is 22.7. The van der Waals surface area contributed by atoms with Crippen molar-refractivity contribution in [1.82, 2.24) is 19.6 Å². The summed E-state index contributed by atoms with van der Waals surface area (Å²) in [5.41, 5.74) is 2.99. The molecule has 9 nitrogen and oxygen atoms in total. The molecule has 0 spiro atoms. The number of nitrogens with one attached hydrogen (secondary N) is 1. The van der Waals surface area contributed by atoms with Crippen LogP contribution in [0.15, 0.2) is 41.6 Å². The number of morpholine rings is 1. The number of fused-ring (bicyclic) bond motifs is 2. The van der Waals surface area contributed by atoms with E-state index in [1.807, 2.05) is 24.4 Å². The Hall–Kier alpha value is -2.95. The smallest absolute Gasteiger partial charge is 0.198 e. The van der Waals surface area contributed by atoms with Gasteiger partial charge in [-0.2, -0.15) is 0 Å². The van der Waals surface area contributed by atoms with Crippen molar-refractivity contribution in [3.63, 3.8) is 0 Å². The van der Waals surface area contributed by atoms with E-state index >= 15 is 0 Å². The molecule has 1 saturated heterocycles. The number of sulfone groups is 1. The van der Waals surface area contributed by atoms with Gasteiger partial charge < -0.3 is 19.7 Å². The summed E-state index contributed by atoms with van der Waals surface area (Å²) in [6.45, 7) is 3.74. The molecule has 0 amide bonds. The van der Waals surface area contributed by atoms with Crippen LogP contribution in [0, 0.1) is 0 Å². The van der Waals surface area contributed by atoms with Crippen LogP contribution in [0.2, 0.25) is 0 Å². The van der Waals surface area contributed by atoms with Crippen LogP contribution in [0.1, 0.15) is 25.3 Å². The third-order valence-corrected chi connectivity index (χ3v) is 8.74. The van der Waals surface area contributed by atoms with E-state index in [0.717, 1.165) is 22.0 Å². The highest BCUT2D eigenvalue weighted by atomic mass is 32.2. The van der Waals surface area contributed by atoms with Crippen molar-refractivity contribution < 1.29 is 18.3 Å². The Kier molecular flexibility index (Phi) is 4.72. The standard InChI is InChI=1S/C23H25N5O4S/c1-14-13-32-9-8-27(14)23-20-4-5-21(33(30,31)16-2-3-16)28(20)26-22(25-23)18-10-15(12-29)11-19-17(18)6-7-24-19/h4-7,10-11,14,16,24,29H,2-3,8-9,12-13H2,1H3/t14-/m1/s1. The summed E-state index contributed by atoms with van der Waals surface area (Å²) < 4.78 is 33.5. The van der Waals surface area contributed by atoms with Crippen molar-refractivity contribution in [2.75, 3.05) is 24.7 Å². The zero-order valence-corrected chi connectivity index (χ0v) is 19.0. The summed E-state index contributed by atoms with van der Waals surface area (Å²) >= 11 is 0. The molecule has 0 bridgehead atoms. The maximum Gasteiger partial charge on any atom is 0.198 e. The maximum absolute atomic E-state index is 13.2. The van der Waals surface area contributed by atoms with Crippen LogP contribution in [-0.4, -0.2) is 64.2 Å². The van der Waals surface area contributed by atoms with Crippen LogP contribution in [0.5, 0.6) is 0 Å². The van der Waals surface area contributed by atoms with Gasteiger partial charge in [0.25, 0.3) is 0 Å². The van der Waals surface area contributed by atoms with Gasteiger partial charge in [0.2, 0.25) is 0 Å². The minimum Gasteiger partial charge on any atom is -0.392 e. The largest absolute Gasteiger partial charge is 0.392 e. The molecule has 1 atom stereocenters. The van der Waals surface area contributed by atoms with E-state index in [9.17, 15) is 13.5 Å². The molecule has 0 radical (unpaired) electrons. The molecule has 4 aromatic rings. The van der Waals surface area contributed by atoms with E-state index in [0.29, 0.717) is 49.8 Å². The molecule has 2 N–H and O–H groups in total. The zero-order valence-electron chi connectivity index (χ0n) is 18.2. The summed E-state index contributed by atoms with van der Waals surface area (Å²) in [6, 6.07) is 9.22. The molecule has 33 heavy (non-hydrogen) atoms. The van der Waals surface area contributed by atoms with Gasteiger partial charge >= 0.3 is 0 Å². The van der Waals surface area contributed by atoms with E-state index in [-0.39, 0.29) is 22.9 Å². The molecular formula is C23H25N5O4S. The Morgan fingerprint density at radius 1 is 1.24 bits per heavy atom. The highest BCUT2D eigenvalue weighted by molar-refractivity contribution is 7.92. The van der Waals surface area contributed by atoms with Gasteiger partial charge in [-0.3, -0.25) is 0 Å². The van der Waals surface area contributed by atoms with Gasteiger partial charge in [-0.15, -0.1) is 5.10 Å². The number of hydrogen-bond donors (Lipinski definition) is 2. The van der Waals surface area contributed by atoms with Crippen LogP contribution < -0.4 is 4.90 Å². The number of hydrogen-bond acceptors (Lipinski definition) is 7. The summed E-state index contributed by atoms with van der Waals surface area (Å²) in [5.74, 6) is 1.10. The number of benzene rings is 1. The minimum absolute atomic E-state index is 0.0831. The van der Waals surface area contributed by atoms with Crippen molar-refractivity contribution >= 4 is 32.1 Å². The lowest BCUT2D eigenvalue weighted by Crippen LogP contribution is -2.44. The van der Waals surface area contributed by atoms with Crippen molar-refractivity contribution in [2.45, 2.75) is 42.7 Å². The summed E-state index contributed by atoms with van der Waals surface area (Å²) in [7, 11) is -3.47. The predicted molar refractivity (Wildman–Crippen MR) is 124 cm³/mol. The predicted octanol–water partition coefficient (Wildman–Crippen LogP) is 2.53. The van der Waals surface area contributed by atoms with E-state index in [1.165, 1.54) is 4.52 Å². The third kappa shape index (κ3) is 3.32. The van der Waals surface area contributed by atoms with Crippen molar-refractivity contribution in [1.29, 1.82) is 0 Å². The Morgan fingerprint density at radius 3 is 2.85 bits per heavy atom. The number of ether oxygens (including phenoxy) is 1. The molecule has 1 saturated carbocycles. The Labute approximate surface area is 190 Å². The second kappa shape index (κ2) is 7.54. The molecule has 172 valence electrons. The first-order chi connectivity index (χ1) is 16.0. The average Bonchev–Trinajstić information content (AvgIpc) is 3.43. The fourth-order valence-electron chi connectivity index (χ4n) is 4.59. The lowest BCUT2D eigenvalue weighted by Gasteiger charge is -2.34. The monoisotopic (exact) mass is 467 g/mol. The van der Waals surface area contributed by atoms with Gasteiger partial charge in [0.05, 0.1) is 31.1 Å². The molecular weight excluding hydrogens is 442 g/mol. The first-order valence-corrected chi connectivity index (χ1v) is 12.7.